The third-order valence-electron chi connectivity index (χ3n) is 6.96. The number of carbonyl (C=O) groups excluding carboxylic acids is 3. The van der Waals surface area contributed by atoms with Gasteiger partial charge in [0, 0.05) is 30.5 Å². The molecule has 2 N–H and O–H groups in total. The van der Waals surface area contributed by atoms with E-state index in [1.165, 1.54) is 17.7 Å². The minimum Gasteiger partial charge on any atom is -0.460 e. The first-order valence-electron chi connectivity index (χ1n) is 14.0. The molecule has 1 aromatic carbocycles. The van der Waals surface area contributed by atoms with E-state index in [0.717, 1.165) is 32.2 Å². The second-order valence-electron chi connectivity index (χ2n) is 12.0. The topological polar surface area (TPSA) is 87.5 Å². The monoisotopic (exact) mass is 512 g/mol. The van der Waals surface area contributed by atoms with Crippen molar-refractivity contribution >= 4 is 29.7 Å². The van der Waals surface area contributed by atoms with E-state index in [1.807, 2.05) is 40.7 Å². The predicted molar refractivity (Wildman–Crippen MR) is 146 cm³/mol. The first-order valence-corrected chi connectivity index (χ1v) is 14.0. The van der Waals surface area contributed by atoms with Gasteiger partial charge >= 0.3 is 5.97 Å². The maximum atomic E-state index is 13.5. The molecule has 0 saturated carbocycles. The smallest absolute Gasteiger partial charge is 0.307 e. The van der Waals surface area contributed by atoms with E-state index in [2.05, 4.69) is 39.6 Å². The van der Waals surface area contributed by atoms with Crippen LogP contribution in [0.15, 0.2) is 24.3 Å². The SMILES string of the molecule is CC(C)CC(CC(=O)OC(C)(C)C)C(=O)N[C@H]1CC2C=[N+](CCCCCCCNC1=O)c1ccccc12. The van der Waals surface area contributed by atoms with Gasteiger partial charge in [-0.25, -0.2) is 4.58 Å². The number of carbonyl (C=O) groups is 3. The summed E-state index contributed by atoms with van der Waals surface area (Å²) in [6.45, 7) is 11.1. The molecule has 0 fully saturated rings. The van der Waals surface area contributed by atoms with Crippen LogP contribution < -0.4 is 10.6 Å². The Balaban J connectivity index is 1.81. The Bertz CT molecular complexity index is 979. The molecule has 3 rings (SSSR count). The van der Waals surface area contributed by atoms with E-state index in [0.29, 0.717) is 19.4 Å². The fraction of sp³-hybridized carbons (Fsp3) is 0.667. The average Bonchev–Trinajstić information content (AvgIpc) is 3.15. The Labute approximate surface area is 222 Å². The number of nitrogens with one attached hydrogen (secondary N) is 2. The summed E-state index contributed by atoms with van der Waals surface area (Å²) in [7, 11) is 0. The molecule has 7 nitrogen and oxygen atoms in total. The van der Waals surface area contributed by atoms with Crippen molar-refractivity contribution < 1.29 is 23.7 Å². The second-order valence-corrected chi connectivity index (χ2v) is 12.0. The van der Waals surface area contributed by atoms with Gasteiger partial charge in [0.2, 0.25) is 17.5 Å². The third-order valence-corrected chi connectivity index (χ3v) is 6.96. The van der Waals surface area contributed by atoms with E-state index < -0.39 is 23.5 Å². The van der Waals surface area contributed by atoms with Gasteiger partial charge in [0.05, 0.1) is 12.3 Å². The predicted octanol–water partition coefficient (Wildman–Crippen LogP) is 4.85. The molecule has 0 saturated heterocycles. The molecule has 7 heteroatoms. The van der Waals surface area contributed by atoms with Crippen LogP contribution in [0, 0.1) is 11.8 Å². The molecule has 1 aromatic rings. The maximum absolute atomic E-state index is 13.5. The van der Waals surface area contributed by atoms with Gasteiger partial charge in [0.15, 0.2) is 6.21 Å². The van der Waals surface area contributed by atoms with E-state index in [1.54, 1.807) is 0 Å². The summed E-state index contributed by atoms with van der Waals surface area (Å²) >= 11 is 0. The second kappa shape index (κ2) is 13.2. The number of nitrogens with zero attached hydrogens (tertiary/aromatic N) is 1. The van der Waals surface area contributed by atoms with Gasteiger partial charge < -0.3 is 15.4 Å². The lowest BCUT2D eigenvalue weighted by atomic mass is 9.91. The lowest BCUT2D eigenvalue weighted by Gasteiger charge is -2.25. The highest BCUT2D eigenvalue weighted by Gasteiger charge is 2.36. The summed E-state index contributed by atoms with van der Waals surface area (Å²) in [5.41, 5.74) is 1.77. The molecule has 0 radical (unpaired) electrons. The van der Waals surface area contributed by atoms with Crippen LogP contribution >= 0.6 is 0 Å². The first kappa shape index (κ1) is 28.9. The fourth-order valence-electron chi connectivity index (χ4n) is 5.31. The van der Waals surface area contributed by atoms with Crippen LogP contribution in [0.25, 0.3) is 0 Å². The number of ether oxygens (including phenoxy) is 1. The van der Waals surface area contributed by atoms with Crippen molar-refractivity contribution in [2.75, 3.05) is 13.1 Å². The molecule has 2 heterocycles. The zero-order valence-corrected chi connectivity index (χ0v) is 23.3. The number of esters is 1. The number of fused-ring (bicyclic) bond motifs is 4. The zero-order chi connectivity index (χ0) is 27.0. The molecule has 204 valence electrons. The molecular weight excluding hydrogens is 466 g/mol. The Morgan fingerprint density at radius 1 is 1.11 bits per heavy atom. The van der Waals surface area contributed by atoms with Crippen molar-refractivity contribution in [3.8, 4) is 0 Å². The van der Waals surface area contributed by atoms with Crippen LogP contribution in [0.2, 0.25) is 0 Å². The number of para-hydroxylation sites is 1. The summed E-state index contributed by atoms with van der Waals surface area (Å²) < 4.78 is 7.81. The van der Waals surface area contributed by atoms with Crippen LogP contribution in [-0.2, 0) is 19.1 Å². The first-order chi connectivity index (χ1) is 17.5. The van der Waals surface area contributed by atoms with Crippen LogP contribution in [0.4, 0.5) is 5.69 Å². The molecule has 2 amide bonds. The Kier molecular flexibility index (Phi) is 10.3. The molecule has 3 atom stereocenters. The van der Waals surface area contributed by atoms with Crippen molar-refractivity contribution in [2.24, 2.45) is 11.8 Å². The van der Waals surface area contributed by atoms with Gasteiger partial charge in [-0.2, -0.15) is 0 Å². The van der Waals surface area contributed by atoms with Crippen molar-refractivity contribution in [3.63, 3.8) is 0 Å². The summed E-state index contributed by atoms with van der Waals surface area (Å²) in [5, 5.41) is 6.09. The lowest BCUT2D eigenvalue weighted by molar-refractivity contribution is -0.433. The number of benzene rings is 1. The van der Waals surface area contributed by atoms with Gasteiger partial charge in [-0.1, -0.05) is 44.9 Å². The highest BCUT2D eigenvalue weighted by atomic mass is 16.6. The molecule has 0 aliphatic carbocycles. The average molecular weight is 513 g/mol. The van der Waals surface area contributed by atoms with Gasteiger partial charge in [0.1, 0.15) is 18.2 Å². The van der Waals surface area contributed by atoms with Gasteiger partial charge in [-0.15, -0.1) is 0 Å². The molecule has 2 aliphatic heterocycles. The largest absolute Gasteiger partial charge is 0.460 e. The lowest BCUT2D eigenvalue weighted by Crippen LogP contribution is -2.49. The number of hydrogen-bond donors (Lipinski definition) is 2. The van der Waals surface area contributed by atoms with Crippen LogP contribution in [0.1, 0.15) is 97.5 Å². The fourth-order valence-corrected chi connectivity index (χ4v) is 5.31. The minimum atomic E-state index is -0.682. The highest BCUT2D eigenvalue weighted by molar-refractivity contribution is 5.90. The zero-order valence-electron chi connectivity index (χ0n) is 23.3. The molecule has 2 aliphatic rings. The summed E-state index contributed by atoms with van der Waals surface area (Å²) in [5.74, 6) is -1.10. The van der Waals surface area contributed by atoms with Crippen molar-refractivity contribution in [1.29, 1.82) is 0 Å². The summed E-state index contributed by atoms with van der Waals surface area (Å²) in [6.07, 6.45) is 8.71. The number of rotatable bonds is 6. The summed E-state index contributed by atoms with van der Waals surface area (Å²) in [4.78, 5) is 39.4. The van der Waals surface area contributed by atoms with Crippen LogP contribution in [0.3, 0.4) is 0 Å². The van der Waals surface area contributed by atoms with Gasteiger partial charge in [-0.3, -0.25) is 14.4 Å². The Hall–Kier alpha value is -2.70. The van der Waals surface area contributed by atoms with Gasteiger partial charge in [-0.05, 0) is 52.4 Å². The van der Waals surface area contributed by atoms with Crippen molar-refractivity contribution in [3.05, 3.63) is 29.8 Å². The molecular formula is C30H46N3O4+. The minimum absolute atomic E-state index is 0.00177. The number of amides is 2. The van der Waals surface area contributed by atoms with Crippen LogP contribution in [-0.4, -0.2) is 53.3 Å². The van der Waals surface area contributed by atoms with E-state index in [-0.39, 0.29) is 30.1 Å². The molecule has 0 spiro atoms. The van der Waals surface area contributed by atoms with E-state index in [4.69, 9.17) is 4.74 Å². The third kappa shape index (κ3) is 8.97. The Morgan fingerprint density at radius 2 is 1.81 bits per heavy atom. The Morgan fingerprint density at radius 3 is 2.54 bits per heavy atom. The van der Waals surface area contributed by atoms with Crippen molar-refractivity contribution in [1.82, 2.24) is 10.6 Å². The highest BCUT2D eigenvalue weighted by Crippen LogP contribution is 2.34. The molecule has 0 aromatic heterocycles. The summed E-state index contributed by atoms with van der Waals surface area (Å²) in [6, 6.07) is 7.66. The van der Waals surface area contributed by atoms with Crippen LogP contribution in [0.5, 0.6) is 0 Å². The molecule has 37 heavy (non-hydrogen) atoms. The van der Waals surface area contributed by atoms with Crippen molar-refractivity contribution in [2.45, 2.75) is 104 Å². The quantitative estimate of drug-likeness (QED) is 0.421. The maximum Gasteiger partial charge on any atom is 0.307 e. The van der Waals surface area contributed by atoms with E-state index >= 15 is 0 Å². The standard InChI is InChI=1S/C30H45N3O4/c1-21(2)17-22(19-27(34)37-30(3,4)5)28(35)32-25-18-23-20-33(26-14-10-9-13-24(23)26)16-12-8-6-7-11-15-31-29(25)36/h9-10,13-14,20-23,25H,6-8,11-12,15-19H2,1-5H3,(H-,31,32,35,36)/p+1/t22?,23?,25-/m0/s1. The molecule has 2 unspecified atom stereocenters. The normalized spacial score (nSPS) is 21.8. The molecule has 2 bridgehead atoms. The number of hydrogen-bond acceptors (Lipinski definition) is 4. The van der Waals surface area contributed by atoms with Gasteiger partial charge in [0.25, 0.3) is 0 Å². The van der Waals surface area contributed by atoms with E-state index in [9.17, 15) is 14.4 Å².